The number of carbonyl (C=O) groups excluding carboxylic acids is 1. The summed E-state index contributed by atoms with van der Waals surface area (Å²) >= 11 is 0. The minimum atomic E-state index is -4.85. The van der Waals surface area contributed by atoms with E-state index in [-0.39, 0.29) is 11.3 Å². The van der Waals surface area contributed by atoms with Crippen molar-refractivity contribution < 1.29 is 23.1 Å². The van der Waals surface area contributed by atoms with E-state index in [4.69, 9.17) is 0 Å². The van der Waals surface area contributed by atoms with E-state index in [1.807, 2.05) is 0 Å². The third-order valence-corrected chi connectivity index (χ3v) is 1.90. The smallest absolute Gasteiger partial charge is 0.450 e. The number of alkyl halides is 3. The van der Waals surface area contributed by atoms with Crippen LogP contribution in [-0.4, -0.2) is 17.1 Å². The van der Waals surface area contributed by atoms with Gasteiger partial charge in [0.2, 0.25) is 5.78 Å². The number of carbonyl (C=O) groups is 1. The number of ketones is 1. The number of halogens is 3. The first-order valence-electron chi connectivity index (χ1n) is 4.19. The summed E-state index contributed by atoms with van der Waals surface area (Å²) in [6.07, 6.45) is -5.67. The zero-order valence-electron chi connectivity index (χ0n) is 7.93. The number of aryl methyl sites for hydroxylation is 1. The molecule has 0 aliphatic heterocycles. The lowest BCUT2D eigenvalue weighted by Gasteiger charge is -2.07. The first-order valence-corrected chi connectivity index (χ1v) is 4.19. The van der Waals surface area contributed by atoms with Gasteiger partial charge in [0.05, 0.1) is 0 Å². The zero-order chi connectivity index (χ0) is 11.6. The van der Waals surface area contributed by atoms with E-state index in [1.54, 1.807) is 13.0 Å². The largest absolute Gasteiger partial charge is 0.508 e. The van der Waals surface area contributed by atoms with Gasteiger partial charge >= 0.3 is 6.18 Å². The van der Waals surface area contributed by atoms with Crippen LogP contribution < -0.4 is 0 Å². The molecule has 0 unspecified atom stereocenters. The minimum Gasteiger partial charge on any atom is -0.508 e. The van der Waals surface area contributed by atoms with E-state index in [1.165, 1.54) is 12.1 Å². The minimum absolute atomic E-state index is 0.00248. The van der Waals surface area contributed by atoms with E-state index in [0.29, 0.717) is 5.56 Å². The van der Waals surface area contributed by atoms with Crippen LogP contribution in [0.2, 0.25) is 0 Å². The molecule has 1 rings (SSSR count). The fourth-order valence-electron chi connectivity index (χ4n) is 1.13. The van der Waals surface area contributed by atoms with Gasteiger partial charge in [-0.3, -0.25) is 4.79 Å². The van der Waals surface area contributed by atoms with E-state index in [2.05, 4.69) is 0 Å². The molecule has 5 heteroatoms. The Morgan fingerprint density at radius 2 is 2.00 bits per heavy atom. The quantitative estimate of drug-likeness (QED) is 0.827. The van der Waals surface area contributed by atoms with Crippen molar-refractivity contribution in [3.63, 3.8) is 0 Å². The van der Waals surface area contributed by atoms with Crippen LogP contribution >= 0.6 is 0 Å². The van der Waals surface area contributed by atoms with Gasteiger partial charge in [0, 0.05) is 12.0 Å². The zero-order valence-corrected chi connectivity index (χ0v) is 7.93. The van der Waals surface area contributed by atoms with Crippen molar-refractivity contribution in [2.75, 3.05) is 0 Å². The van der Waals surface area contributed by atoms with Gasteiger partial charge < -0.3 is 5.11 Å². The number of Topliss-reactive ketones (excluding diaryl/α,β-unsaturated/α-hetero) is 1. The van der Waals surface area contributed by atoms with Crippen LogP contribution in [0.5, 0.6) is 5.75 Å². The summed E-state index contributed by atoms with van der Waals surface area (Å²) in [7, 11) is 0. The highest BCUT2D eigenvalue weighted by atomic mass is 19.4. The molecule has 1 N–H and O–H groups in total. The summed E-state index contributed by atoms with van der Waals surface area (Å²) in [4.78, 5) is 10.7. The molecule has 0 amide bonds. The van der Waals surface area contributed by atoms with Crippen molar-refractivity contribution in [3.05, 3.63) is 29.3 Å². The predicted octanol–water partition coefficient (Wildman–Crippen LogP) is 2.37. The van der Waals surface area contributed by atoms with Gasteiger partial charge in [-0.1, -0.05) is 17.7 Å². The molecule has 2 nitrogen and oxygen atoms in total. The average Bonchev–Trinajstić information content (AvgIpc) is 2.09. The van der Waals surface area contributed by atoms with Crippen LogP contribution in [-0.2, 0) is 11.2 Å². The highest BCUT2D eigenvalue weighted by Crippen LogP contribution is 2.23. The van der Waals surface area contributed by atoms with Crippen molar-refractivity contribution in [2.24, 2.45) is 0 Å². The Labute approximate surface area is 84.3 Å². The van der Waals surface area contributed by atoms with Crippen LogP contribution in [0.15, 0.2) is 18.2 Å². The van der Waals surface area contributed by atoms with Gasteiger partial charge in [-0.25, -0.2) is 0 Å². The Kier molecular flexibility index (Phi) is 3.02. The summed E-state index contributed by atoms with van der Waals surface area (Å²) in [5, 5.41) is 9.23. The fourth-order valence-corrected chi connectivity index (χ4v) is 1.13. The number of aromatic hydroxyl groups is 1. The highest BCUT2D eigenvalue weighted by Gasteiger charge is 2.38. The van der Waals surface area contributed by atoms with Gasteiger partial charge in [0.1, 0.15) is 5.75 Å². The summed E-state index contributed by atoms with van der Waals surface area (Å²) in [6.45, 7) is 1.67. The van der Waals surface area contributed by atoms with Gasteiger partial charge in [-0.15, -0.1) is 0 Å². The number of phenolic OH excluding ortho intramolecular Hbond substituents is 1. The third kappa shape index (κ3) is 2.97. The van der Waals surface area contributed by atoms with E-state index in [0.717, 1.165) is 0 Å². The second kappa shape index (κ2) is 3.92. The second-order valence-corrected chi connectivity index (χ2v) is 3.23. The molecular formula is C10H9F3O2. The van der Waals surface area contributed by atoms with Gasteiger partial charge in [-0.05, 0) is 13.0 Å². The molecular weight excluding hydrogens is 209 g/mol. The first-order chi connectivity index (χ1) is 6.80. The Bertz CT molecular complexity index is 383. The molecule has 0 aromatic heterocycles. The fraction of sp³-hybridized carbons (Fsp3) is 0.300. The van der Waals surface area contributed by atoms with E-state index >= 15 is 0 Å². The van der Waals surface area contributed by atoms with Gasteiger partial charge in [0.25, 0.3) is 0 Å². The van der Waals surface area contributed by atoms with Crippen LogP contribution in [0.4, 0.5) is 13.2 Å². The number of hydrogen-bond donors (Lipinski definition) is 1. The lowest BCUT2D eigenvalue weighted by molar-refractivity contribution is -0.170. The predicted molar refractivity (Wildman–Crippen MR) is 47.6 cm³/mol. The summed E-state index contributed by atoms with van der Waals surface area (Å²) < 4.78 is 35.8. The van der Waals surface area contributed by atoms with Crippen molar-refractivity contribution in [1.29, 1.82) is 0 Å². The number of benzene rings is 1. The summed E-state index contributed by atoms with van der Waals surface area (Å²) in [6, 6.07) is 4.18. The molecule has 0 radical (unpaired) electrons. The third-order valence-electron chi connectivity index (χ3n) is 1.90. The molecule has 15 heavy (non-hydrogen) atoms. The Balaban J connectivity index is 2.90. The standard InChI is InChI=1S/C10H9F3O2/c1-6-2-3-8(14)7(4-6)5-9(15)10(11,12)13/h2-4,14H,5H2,1H3. The van der Waals surface area contributed by atoms with Gasteiger partial charge in [0.15, 0.2) is 0 Å². The van der Waals surface area contributed by atoms with Crippen molar-refractivity contribution in [1.82, 2.24) is 0 Å². The lowest BCUT2D eigenvalue weighted by Crippen LogP contribution is -2.24. The topological polar surface area (TPSA) is 37.3 Å². The molecule has 1 aromatic carbocycles. The Hall–Kier alpha value is -1.52. The van der Waals surface area contributed by atoms with E-state index < -0.39 is 18.4 Å². The first kappa shape index (κ1) is 11.6. The molecule has 0 saturated heterocycles. The maximum absolute atomic E-state index is 11.9. The maximum atomic E-state index is 11.9. The monoisotopic (exact) mass is 218 g/mol. The Morgan fingerprint density at radius 3 is 2.53 bits per heavy atom. The summed E-state index contributed by atoms with van der Waals surface area (Å²) in [5.74, 6) is -2.15. The average molecular weight is 218 g/mol. The van der Waals surface area contributed by atoms with E-state index in [9.17, 15) is 23.1 Å². The second-order valence-electron chi connectivity index (χ2n) is 3.23. The lowest BCUT2D eigenvalue weighted by atomic mass is 10.1. The van der Waals surface area contributed by atoms with Crippen LogP contribution in [0.1, 0.15) is 11.1 Å². The van der Waals surface area contributed by atoms with Crippen LogP contribution in [0.25, 0.3) is 0 Å². The molecule has 0 aliphatic carbocycles. The number of rotatable bonds is 2. The molecule has 82 valence electrons. The number of phenols is 1. The molecule has 0 heterocycles. The molecule has 0 fully saturated rings. The molecule has 0 spiro atoms. The van der Waals surface area contributed by atoms with Gasteiger partial charge in [-0.2, -0.15) is 13.2 Å². The van der Waals surface area contributed by atoms with Crippen LogP contribution in [0.3, 0.4) is 0 Å². The highest BCUT2D eigenvalue weighted by molar-refractivity contribution is 5.86. The van der Waals surface area contributed by atoms with Crippen molar-refractivity contribution in [3.8, 4) is 5.75 Å². The molecule has 0 aliphatic rings. The van der Waals surface area contributed by atoms with Crippen LogP contribution in [0, 0.1) is 6.92 Å². The summed E-state index contributed by atoms with van der Waals surface area (Å²) in [5.41, 5.74) is 0.690. The SMILES string of the molecule is Cc1ccc(O)c(CC(=O)C(F)(F)F)c1. The normalized spacial score (nSPS) is 11.5. The molecule has 0 saturated carbocycles. The Morgan fingerprint density at radius 1 is 1.40 bits per heavy atom. The van der Waals surface area contributed by atoms with Crippen molar-refractivity contribution in [2.45, 2.75) is 19.5 Å². The molecule has 0 bridgehead atoms. The molecule has 0 atom stereocenters. The molecule has 1 aromatic rings. The number of hydrogen-bond acceptors (Lipinski definition) is 2. The van der Waals surface area contributed by atoms with Crippen molar-refractivity contribution >= 4 is 5.78 Å². The maximum Gasteiger partial charge on any atom is 0.450 e.